The number of hydrogen-bond donors (Lipinski definition) is 1. The minimum absolute atomic E-state index is 0.122. The first-order chi connectivity index (χ1) is 10.5. The summed E-state index contributed by atoms with van der Waals surface area (Å²) >= 11 is 6.18. The molecule has 6 heteroatoms. The Morgan fingerprint density at radius 1 is 1.41 bits per heavy atom. The zero-order valence-corrected chi connectivity index (χ0v) is 13.3. The van der Waals surface area contributed by atoms with Crippen LogP contribution in [0, 0.1) is 0 Å². The third-order valence-electron chi connectivity index (χ3n) is 4.44. The summed E-state index contributed by atoms with van der Waals surface area (Å²) < 4.78 is 10.9. The van der Waals surface area contributed by atoms with Crippen LogP contribution >= 0.6 is 11.6 Å². The molecule has 1 aromatic carbocycles. The number of carbonyl (C=O) groups excluding carboxylic acids is 2. The second-order valence-corrected chi connectivity index (χ2v) is 6.26. The van der Waals surface area contributed by atoms with Crippen molar-refractivity contribution in [1.82, 2.24) is 5.32 Å². The molecule has 0 saturated heterocycles. The summed E-state index contributed by atoms with van der Waals surface area (Å²) in [7, 11) is 1.32. The van der Waals surface area contributed by atoms with Gasteiger partial charge in [0.2, 0.25) is 5.91 Å². The lowest BCUT2D eigenvalue weighted by molar-refractivity contribution is -0.122. The number of amides is 1. The Balaban J connectivity index is 2.18. The van der Waals surface area contributed by atoms with Gasteiger partial charge in [0.25, 0.3) is 0 Å². The molecular weight excluding hydrogens is 306 g/mol. The number of hydrogen-bond acceptors (Lipinski definition) is 4. The van der Waals surface area contributed by atoms with E-state index in [1.54, 1.807) is 12.1 Å². The third-order valence-corrected chi connectivity index (χ3v) is 4.65. The van der Waals surface area contributed by atoms with Crippen molar-refractivity contribution in [2.45, 2.75) is 44.2 Å². The first-order valence-electron chi connectivity index (χ1n) is 7.35. The highest BCUT2D eigenvalue weighted by atomic mass is 35.5. The van der Waals surface area contributed by atoms with Gasteiger partial charge in [-0.1, -0.05) is 18.0 Å². The highest BCUT2D eigenvalue weighted by Crippen LogP contribution is 2.51. The van der Waals surface area contributed by atoms with E-state index in [-0.39, 0.29) is 12.0 Å². The Bertz CT molecular complexity index is 645. The van der Waals surface area contributed by atoms with Crippen LogP contribution < -0.4 is 10.1 Å². The molecule has 1 aliphatic heterocycles. The van der Waals surface area contributed by atoms with E-state index in [2.05, 4.69) is 5.32 Å². The second-order valence-electron chi connectivity index (χ2n) is 5.83. The van der Waals surface area contributed by atoms with Gasteiger partial charge in [0, 0.05) is 17.5 Å². The van der Waals surface area contributed by atoms with Crippen LogP contribution in [0.15, 0.2) is 12.1 Å². The number of carbonyl (C=O) groups is 2. The first kappa shape index (κ1) is 15.2. The number of fused-ring (bicyclic) bond motifs is 3. The maximum Gasteiger partial charge on any atom is 0.341 e. The largest absolute Gasteiger partial charge is 0.486 e. The van der Waals surface area contributed by atoms with E-state index in [4.69, 9.17) is 21.1 Å². The lowest BCUT2D eigenvalue weighted by Crippen LogP contribution is -2.53. The zero-order valence-electron chi connectivity index (χ0n) is 12.6. The Kier molecular flexibility index (Phi) is 3.77. The molecular formula is C16H18ClNO4. The van der Waals surface area contributed by atoms with Crippen molar-refractivity contribution in [2.24, 2.45) is 0 Å². The van der Waals surface area contributed by atoms with Gasteiger partial charge in [-0.2, -0.15) is 0 Å². The van der Waals surface area contributed by atoms with Crippen LogP contribution in [0.5, 0.6) is 5.75 Å². The SMILES string of the molecule is COC(=O)c1cc(Cl)cc2c1OC1CCCCC21NC(C)=O. The van der Waals surface area contributed by atoms with E-state index in [9.17, 15) is 9.59 Å². The van der Waals surface area contributed by atoms with Gasteiger partial charge in [-0.05, 0) is 31.4 Å². The van der Waals surface area contributed by atoms with Crippen molar-refractivity contribution >= 4 is 23.5 Å². The fourth-order valence-electron chi connectivity index (χ4n) is 3.59. The van der Waals surface area contributed by atoms with E-state index >= 15 is 0 Å². The number of methoxy groups -OCH3 is 1. The molecule has 1 saturated carbocycles. The molecule has 0 aromatic heterocycles. The standard InChI is InChI=1S/C16H18ClNO4/c1-9(19)18-16-6-4-3-5-13(16)22-14-11(15(20)21-2)7-10(17)8-12(14)16/h7-8,13H,3-6H2,1-2H3,(H,18,19). The molecule has 0 spiro atoms. The van der Waals surface area contributed by atoms with Gasteiger partial charge >= 0.3 is 5.97 Å². The van der Waals surface area contributed by atoms with Crippen LogP contribution in [0.2, 0.25) is 5.02 Å². The van der Waals surface area contributed by atoms with Crippen LogP contribution in [0.1, 0.15) is 48.5 Å². The van der Waals surface area contributed by atoms with Crippen molar-refractivity contribution in [3.63, 3.8) is 0 Å². The van der Waals surface area contributed by atoms with E-state index in [0.29, 0.717) is 16.3 Å². The summed E-state index contributed by atoms with van der Waals surface area (Å²) in [5, 5.41) is 3.48. The maximum atomic E-state index is 12.0. The molecule has 1 aromatic rings. The van der Waals surface area contributed by atoms with Crippen LogP contribution in [0.25, 0.3) is 0 Å². The fraction of sp³-hybridized carbons (Fsp3) is 0.500. The van der Waals surface area contributed by atoms with Crippen molar-refractivity contribution in [3.05, 3.63) is 28.3 Å². The molecule has 2 atom stereocenters. The predicted octanol–water partition coefficient (Wildman–Crippen LogP) is 2.79. The highest BCUT2D eigenvalue weighted by molar-refractivity contribution is 6.31. The molecule has 0 bridgehead atoms. The molecule has 1 N–H and O–H groups in total. The van der Waals surface area contributed by atoms with Crippen molar-refractivity contribution < 1.29 is 19.1 Å². The normalized spacial score (nSPS) is 25.7. The monoisotopic (exact) mass is 323 g/mol. The molecule has 1 fully saturated rings. The molecule has 1 amide bonds. The summed E-state index contributed by atoms with van der Waals surface area (Å²) in [4.78, 5) is 23.7. The van der Waals surface area contributed by atoms with E-state index in [1.807, 2.05) is 0 Å². The molecule has 0 radical (unpaired) electrons. The van der Waals surface area contributed by atoms with Crippen molar-refractivity contribution in [3.8, 4) is 5.75 Å². The Morgan fingerprint density at radius 2 is 2.18 bits per heavy atom. The number of rotatable bonds is 2. The summed E-state index contributed by atoms with van der Waals surface area (Å²) in [6.07, 6.45) is 3.43. The molecule has 3 rings (SSSR count). The lowest BCUT2D eigenvalue weighted by Gasteiger charge is -2.38. The van der Waals surface area contributed by atoms with Crippen LogP contribution in [0.3, 0.4) is 0 Å². The Labute approximate surface area is 133 Å². The molecule has 118 valence electrons. The Morgan fingerprint density at radius 3 is 2.86 bits per heavy atom. The highest BCUT2D eigenvalue weighted by Gasteiger charge is 2.52. The average molecular weight is 324 g/mol. The van der Waals surface area contributed by atoms with Crippen molar-refractivity contribution in [2.75, 3.05) is 7.11 Å². The topological polar surface area (TPSA) is 64.6 Å². The minimum atomic E-state index is -0.604. The zero-order chi connectivity index (χ0) is 15.9. The Hall–Kier alpha value is -1.75. The van der Waals surface area contributed by atoms with Crippen LogP contribution in [0.4, 0.5) is 0 Å². The first-order valence-corrected chi connectivity index (χ1v) is 7.73. The lowest BCUT2D eigenvalue weighted by atomic mass is 9.75. The van der Waals surface area contributed by atoms with E-state index in [1.165, 1.54) is 14.0 Å². The van der Waals surface area contributed by atoms with E-state index < -0.39 is 11.5 Å². The number of ether oxygens (including phenoxy) is 2. The van der Waals surface area contributed by atoms with Gasteiger partial charge in [-0.3, -0.25) is 4.79 Å². The molecule has 1 aliphatic carbocycles. The number of halogens is 1. The predicted molar refractivity (Wildman–Crippen MR) is 81.2 cm³/mol. The van der Waals surface area contributed by atoms with Crippen molar-refractivity contribution in [1.29, 1.82) is 0 Å². The van der Waals surface area contributed by atoms with Crippen LogP contribution in [-0.2, 0) is 15.1 Å². The van der Waals surface area contributed by atoms with E-state index in [0.717, 1.165) is 31.2 Å². The summed E-state index contributed by atoms with van der Waals surface area (Å²) in [6, 6.07) is 3.33. The quantitative estimate of drug-likeness (QED) is 0.850. The van der Waals surface area contributed by atoms with Crippen LogP contribution in [-0.4, -0.2) is 25.1 Å². The summed E-state index contributed by atoms with van der Waals surface area (Å²) in [5.74, 6) is -0.129. The minimum Gasteiger partial charge on any atom is -0.486 e. The van der Waals surface area contributed by atoms with Gasteiger partial charge in [0.1, 0.15) is 23.0 Å². The van der Waals surface area contributed by atoms with Gasteiger partial charge in [0.15, 0.2) is 0 Å². The summed E-state index contributed by atoms with van der Waals surface area (Å²) in [5.41, 5.74) is 0.483. The smallest absolute Gasteiger partial charge is 0.341 e. The molecule has 5 nitrogen and oxygen atoms in total. The molecule has 22 heavy (non-hydrogen) atoms. The number of benzene rings is 1. The third kappa shape index (κ3) is 2.24. The average Bonchev–Trinajstić information content (AvgIpc) is 2.79. The van der Waals surface area contributed by atoms with Gasteiger partial charge in [0.05, 0.1) is 7.11 Å². The van der Waals surface area contributed by atoms with Gasteiger partial charge < -0.3 is 14.8 Å². The second kappa shape index (κ2) is 5.47. The summed E-state index contributed by atoms with van der Waals surface area (Å²) in [6.45, 7) is 1.49. The number of esters is 1. The van der Waals surface area contributed by atoms with Gasteiger partial charge in [-0.15, -0.1) is 0 Å². The molecule has 2 aliphatic rings. The maximum absolute atomic E-state index is 12.0. The fourth-order valence-corrected chi connectivity index (χ4v) is 3.81. The molecule has 2 unspecified atom stereocenters. The molecule has 1 heterocycles. The van der Waals surface area contributed by atoms with Gasteiger partial charge in [-0.25, -0.2) is 4.79 Å². The number of nitrogens with one attached hydrogen (secondary N) is 1.